The molecule has 0 aliphatic carbocycles. The van der Waals surface area contributed by atoms with Crippen molar-refractivity contribution in [2.75, 3.05) is 18.0 Å². The van der Waals surface area contributed by atoms with Gasteiger partial charge in [0.25, 0.3) is 0 Å². The van der Waals surface area contributed by atoms with Crippen molar-refractivity contribution in [2.24, 2.45) is 11.8 Å². The third kappa shape index (κ3) is 3.97. The zero-order chi connectivity index (χ0) is 15.6. The number of halogens is 1. The molecule has 2 nitrogen and oxygen atoms in total. The van der Waals surface area contributed by atoms with E-state index in [9.17, 15) is 4.39 Å². The van der Waals surface area contributed by atoms with Crippen LogP contribution >= 0.6 is 0 Å². The van der Waals surface area contributed by atoms with Crippen molar-refractivity contribution in [2.45, 2.75) is 53.1 Å². The van der Waals surface area contributed by atoms with E-state index in [1.54, 1.807) is 6.07 Å². The van der Waals surface area contributed by atoms with Crippen molar-refractivity contribution in [3.8, 4) is 0 Å². The van der Waals surface area contributed by atoms with Crippen LogP contribution in [0, 0.1) is 24.6 Å². The van der Waals surface area contributed by atoms with Crippen LogP contribution in [0.4, 0.5) is 10.1 Å². The number of piperazine rings is 1. The summed E-state index contributed by atoms with van der Waals surface area (Å²) in [6, 6.07) is 6.56. The smallest absolute Gasteiger partial charge is 0.128 e. The van der Waals surface area contributed by atoms with Gasteiger partial charge < -0.3 is 10.2 Å². The van der Waals surface area contributed by atoms with Crippen LogP contribution in [0.3, 0.4) is 0 Å². The van der Waals surface area contributed by atoms with Gasteiger partial charge in [-0.2, -0.15) is 0 Å². The van der Waals surface area contributed by atoms with Crippen molar-refractivity contribution >= 4 is 5.69 Å². The molecule has 1 heterocycles. The Bertz CT molecular complexity index is 470. The van der Waals surface area contributed by atoms with Crippen LogP contribution in [0.5, 0.6) is 0 Å². The molecule has 0 saturated carbocycles. The fourth-order valence-electron chi connectivity index (χ4n) is 3.21. The number of nitrogens with one attached hydrogen (secondary N) is 1. The summed E-state index contributed by atoms with van der Waals surface area (Å²) >= 11 is 0. The van der Waals surface area contributed by atoms with Gasteiger partial charge in [0.2, 0.25) is 0 Å². The maximum atomic E-state index is 13.9. The molecule has 1 aromatic rings. The minimum absolute atomic E-state index is 0.103. The first-order valence-corrected chi connectivity index (χ1v) is 8.14. The molecule has 0 aromatic heterocycles. The van der Waals surface area contributed by atoms with Gasteiger partial charge >= 0.3 is 0 Å². The van der Waals surface area contributed by atoms with E-state index in [2.05, 4.69) is 44.0 Å². The van der Waals surface area contributed by atoms with Gasteiger partial charge in [-0.05, 0) is 42.9 Å². The fourth-order valence-corrected chi connectivity index (χ4v) is 3.21. The summed E-state index contributed by atoms with van der Waals surface area (Å²) in [5.41, 5.74) is 1.74. The van der Waals surface area contributed by atoms with E-state index in [-0.39, 0.29) is 5.82 Å². The minimum atomic E-state index is -0.103. The highest BCUT2D eigenvalue weighted by Crippen LogP contribution is 2.26. The third-order valence-corrected chi connectivity index (χ3v) is 4.45. The summed E-state index contributed by atoms with van der Waals surface area (Å²) in [4.78, 5) is 2.40. The Hall–Kier alpha value is -1.09. The molecule has 0 radical (unpaired) electrons. The van der Waals surface area contributed by atoms with Crippen LogP contribution in [-0.4, -0.2) is 25.2 Å². The van der Waals surface area contributed by atoms with Gasteiger partial charge in [-0.1, -0.05) is 33.8 Å². The molecule has 1 fully saturated rings. The molecule has 0 spiro atoms. The fraction of sp³-hybridized carbons (Fsp3) is 0.667. The first kappa shape index (κ1) is 16.3. The summed E-state index contributed by atoms with van der Waals surface area (Å²) in [5.74, 6) is 1.12. The Morgan fingerprint density at radius 3 is 2.57 bits per heavy atom. The molecule has 1 aromatic carbocycles. The van der Waals surface area contributed by atoms with E-state index in [1.807, 2.05) is 13.0 Å². The molecule has 1 aliphatic rings. The Morgan fingerprint density at radius 2 is 2.00 bits per heavy atom. The summed E-state index contributed by atoms with van der Waals surface area (Å²) in [6.45, 7) is 12.8. The van der Waals surface area contributed by atoms with E-state index in [0.29, 0.717) is 29.5 Å². The molecule has 1 saturated heterocycles. The summed E-state index contributed by atoms with van der Waals surface area (Å²) < 4.78 is 13.9. The number of hydrogen-bond donors (Lipinski definition) is 1. The average Bonchev–Trinajstić information content (AvgIpc) is 2.41. The lowest BCUT2D eigenvalue weighted by molar-refractivity contribution is 0.310. The van der Waals surface area contributed by atoms with Gasteiger partial charge in [0, 0.05) is 30.9 Å². The van der Waals surface area contributed by atoms with E-state index >= 15 is 0 Å². The molecule has 0 amide bonds. The van der Waals surface area contributed by atoms with Gasteiger partial charge in [0.05, 0.1) is 0 Å². The van der Waals surface area contributed by atoms with Crippen molar-refractivity contribution < 1.29 is 4.39 Å². The topological polar surface area (TPSA) is 15.3 Å². The van der Waals surface area contributed by atoms with Crippen molar-refractivity contribution in [3.63, 3.8) is 0 Å². The van der Waals surface area contributed by atoms with Crippen LogP contribution in [-0.2, 0) is 0 Å². The molecular weight excluding hydrogens is 263 g/mol. The maximum absolute atomic E-state index is 13.9. The predicted molar refractivity (Wildman–Crippen MR) is 88.4 cm³/mol. The number of rotatable bonds is 4. The van der Waals surface area contributed by atoms with Crippen LogP contribution in [0.2, 0.25) is 0 Å². The summed E-state index contributed by atoms with van der Waals surface area (Å²) in [6.07, 6.45) is 1.16. The van der Waals surface area contributed by atoms with Crippen LogP contribution in [0.25, 0.3) is 0 Å². The predicted octanol–water partition coefficient (Wildman–Crippen LogP) is 3.98. The molecule has 2 rings (SSSR count). The first-order valence-electron chi connectivity index (χ1n) is 8.14. The summed E-state index contributed by atoms with van der Waals surface area (Å²) in [7, 11) is 0. The lowest BCUT2D eigenvalue weighted by Gasteiger charge is -2.44. The van der Waals surface area contributed by atoms with Gasteiger partial charge in [-0.25, -0.2) is 4.39 Å². The highest BCUT2D eigenvalue weighted by Gasteiger charge is 2.30. The van der Waals surface area contributed by atoms with Crippen LogP contribution in [0.15, 0.2) is 18.2 Å². The lowest BCUT2D eigenvalue weighted by Crippen LogP contribution is -2.58. The van der Waals surface area contributed by atoms with Gasteiger partial charge in [0.1, 0.15) is 5.82 Å². The van der Waals surface area contributed by atoms with Crippen molar-refractivity contribution in [1.82, 2.24) is 5.32 Å². The second-order valence-electron chi connectivity index (χ2n) is 7.13. The second kappa shape index (κ2) is 6.78. The minimum Gasteiger partial charge on any atom is -0.365 e. The van der Waals surface area contributed by atoms with Gasteiger partial charge in [-0.3, -0.25) is 0 Å². The Balaban J connectivity index is 2.22. The van der Waals surface area contributed by atoms with Crippen LogP contribution < -0.4 is 10.2 Å². The molecule has 0 bridgehead atoms. The molecule has 2 atom stereocenters. The van der Waals surface area contributed by atoms with Crippen molar-refractivity contribution in [1.29, 1.82) is 0 Å². The molecule has 3 heteroatoms. The van der Waals surface area contributed by atoms with E-state index < -0.39 is 0 Å². The summed E-state index contributed by atoms with van der Waals surface area (Å²) in [5, 5.41) is 3.67. The zero-order valence-corrected chi connectivity index (χ0v) is 14.0. The van der Waals surface area contributed by atoms with Gasteiger partial charge in [0.15, 0.2) is 0 Å². The number of nitrogens with zero attached hydrogens (tertiary/aromatic N) is 1. The molecule has 2 unspecified atom stereocenters. The van der Waals surface area contributed by atoms with Gasteiger partial charge in [-0.15, -0.1) is 0 Å². The Labute approximate surface area is 128 Å². The average molecular weight is 292 g/mol. The second-order valence-corrected chi connectivity index (χ2v) is 7.13. The first-order chi connectivity index (χ1) is 9.88. The number of aryl methyl sites for hydroxylation is 1. The normalized spacial score (nSPS) is 23.1. The monoisotopic (exact) mass is 292 g/mol. The largest absolute Gasteiger partial charge is 0.365 e. The number of hydrogen-bond acceptors (Lipinski definition) is 2. The molecule has 21 heavy (non-hydrogen) atoms. The van der Waals surface area contributed by atoms with E-state index in [0.717, 1.165) is 25.2 Å². The highest BCUT2D eigenvalue weighted by atomic mass is 19.1. The van der Waals surface area contributed by atoms with Crippen LogP contribution in [0.1, 0.15) is 39.7 Å². The van der Waals surface area contributed by atoms with Crippen molar-refractivity contribution in [3.05, 3.63) is 29.6 Å². The highest BCUT2D eigenvalue weighted by molar-refractivity contribution is 5.50. The Kier molecular flexibility index (Phi) is 5.26. The SMILES string of the molecule is Cc1ccc(N2CC(CC(C)C)NCC2C(C)C)cc1F. The molecule has 1 N–H and O–H groups in total. The standard InChI is InChI=1S/C18H29FN2/c1-12(2)8-15-11-21(18(10-20-15)13(3)4)16-7-6-14(5)17(19)9-16/h6-7,9,12-13,15,18,20H,8,10-11H2,1-5H3. The zero-order valence-electron chi connectivity index (χ0n) is 14.0. The lowest BCUT2D eigenvalue weighted by atomic mass is 9.94. The number of benzene rings is 1. The molecule has 118 valence electrons. The Morgan fingerprint density at radius 1 is 1.29 bits per heavy atom. The third-order valence-electron chi connectivity index (χ3n) is 4.45. The van der Waals surface area contributed by atoms with E-state index in [4.69, 9.17) is 0 Å². The number of anilines is 1. The molecule has 1 aliphatic heterocycles. The quantitative estimate of drug-likeness (QED) is 0.903. The van der Waals surface area contributed by atoms with E-state index in [1.165, 1.54) is 0 Å². The molecular formula is C18H29FN2. The maximum Gasteiger partial charge on any atom is 0.128 e.